The molecule has 1 aromatic heterocycles. The average Bonchev–Trinajstić information content (AvgIpc) is 2.71. The number of rotatable bonds is 4. The summed E-state index contributed by atoms with van der Waals surface area (Å²) in [5.41, 5.74) is 1.69. The Kier molecular flexibility index (Phi) is 2.52. The molecule has 0 radical (unpaired) electrons. The molecule has 2 aromatic rings. The number of anilines is 1. The summed E-state index contributed by atoms with van der Waals surface area (Å²) in [7, 11) is 1.77. The molecule has 0 saturated heterocycles. The summed E-state index contributed by atoms with van der Waals surface area (Å²) in [6, 6.07) is 8.34. The number of aromatic nitrogens is 1. The molecule has 0 bridgehead atoms. The maximum Gasteiger partial charge on any atom is 0.295 e. The Hall–Kier alpha value is -1.55. The van der Waals surface area contributed by atoms with Gasteiger partial charge >= 0.3 is 0 Å². The molecule has 1 aromatic carbocycles. The van der Waals surface area contributed by atoms with Crippen molar-refractivity contribution in [3.05, 3.63) is 24.3 Å². The zero-order valence-corrected chi connectivity index (χ0v) is 9.90. The lowest BCUT2D eigenvalue weighted by molar-refractivity contribution is -0.0604. The fourth-order valence-electron chi connectivity index (χ4n) is 2.21. The van der Waals surface area contributed by atoms with Crippen molar-refractivity contribution in [3.8, 4) is 0 Å². The molecule has 0 unspecified atom stereocenters. The molecule has 3 rings (SSSR count). The van der Waals surface area contributed by atoms with Gasteiger partial charge < -0.3 is 14.5 Å². The number of nitrogens with zero attached hydrogens (tertiary/aromatic N) is 1. The van der Waals surface area contributed by atoms with Crippen molar-refractivity contribution in [1.82, 2.24) is 4.98 Å². The first-order valence-electron chi connectivity index (χ1n) is 5.96. The molecule has 1 aliphatic carbocycles. The van der Waals surface area contributed by atoms with Crippen LogP contribution in [0.15, 0.2) is 28.7 Å². The molecule has 1 fully saturated rings. The van der Waals surface area contributed by atoms with Gasteiger partial charge in [-0.3, -0.25) is 0 Å². The van der Waals surface area contributed by atoms with Crippen LogP contribution < -0.4 is 5.32 Å². The number of hydrogen-bond donors (Lipinski definition) is 1. The Morgan fingerprint density at radius 2 is 2.24 bits per heavy atom. The summed E-state index contributed by atoms with van der Waals surface area (Å²) in [6.07, 6.45) is 3.45. The predicted molar refractivity (Wildman–Crippen MR) is 66.1 cm³/mol. The van der Waals surface area contributed by atoms with Crippen LogP contribution in [-0.4, -0.2) is 24.2 Å². The second-order valence-electron chi connectivity index (χ2n) is 4.58. The van der Waals surface area contributed by atoms with Crippen LogP contribution in [0, 0.1) is 0 Å². The van der Waals surface area contributed by atoms with Crippen LogP contribution in [0.4, 0.5) is 6.01 Å². The van der Waals surface area contributed by atoms with E-state index in [1.165, 1.54) is 6.42 Å². The van der Waals surface area contributed by atoms with Crippen molar-refractivity contribution >= 4 is 17.1 Å². The minimum Gasteiger partial charge on any atom is -0.424 e. The van der Waals surface area contributed by atoms with Crippen molar-refractivity contribution in [1.29, 1.82) is 0 Å². The molecule has 90 valence electrons. The van der Waals surface area contributed by atoms with Gasteiger partial charge in [0.25, 0.3) is 6.01 Å². The van der Waals surface area contributed by atoms with E-state index in [1.807, 2.05) is 24.3 Å². The lowest BCUT2D eigenvalue weighted by Crippen LogP contribution is -2.45. The van der Waals surface area contributed by atoms with Crippen molar-refractivity contribution in [2.75, 3.05) is 19.0 Å². The Balaban J connectivity index is 1.72. The molecule has 0 spiro atoms. The Bertz CT molecular complexity index is 478. The molecule has 1 heterocycles. The highest BCUT2D eigenvalue weighted by molar-refractivity contribution is 5.74. The molecule has 4 nitrogen and oxygen atoms in total. The number of nitrogens with one attached hydrogen (secondary N) is 1. The van der Waals surface area contributed by atoms with E-state index in [0.717, 1.165) is 30.5 Å². The van der Waals surface area contributed by atoms with Gasteiger partial charge in [-0.15, -0.1) is 0 Å². The molecule has 1 aliphatic rings. The van der Waals surface area contributed by atoms with Crippen LogP contribution >= 0.6 is 0 Å². The number of ether oxygens (including phenoxy) is 1. The van der Waals surface area contributed by atoms with Crippen LogP contribution in [0.3, 0.4) is 0 Å². The topological polar surface area (TPSA) is 47.3 Å². The van der Waals surface area contributed by atoms with E-state index in [1.54, 1.807) is 7.11 Å². The van der Waals surface area contributed by atoms with Gasteiger partial charge in [-0.2, -0.15) is 4.98 Å². The first-order chi connectivity index (χ1) is 8.31. The van der Waals surface area contributed by atoms with E-state index in [9.17, 15) is 0 Å². The van der Waals surface area contributed by atoms with Crippen LogP contribution in [0.25, 0.3) is 11.1 Å². The van der Waals surface area contributed by atoms with Gasteiger partial charge in [0.1, 0.15) is 5.52 Å². The van der Waals surface area contributed by atoms with E-state index in [4.69, 9.17) is 9.15 Å². The summed E-state index contributed by atoms with van der Waals surface area (Å²) in [5.74, 6) is 0. The van der Waals surface area contributed by atoms with E-state index < -0.39 is 0 Å². The van der Waals surface area contributed by atoms with Gasteiger partial charge in [0.05, 0.1) is 5.60 Å². The number of hydrogen-bond acceptors (Lipinski definition) is 4. The lowest BCUT2D eigenvalue weighted by Gasteiger charge is -2.40. The molecule has 0 amide bonds. The summed E-state index contributed by atoms with van der Waals surface area (Å²) in [5, 5.41) is 3.22. The fraction of sp³-hybridized carbons (Fsp3) is 0.462. The number of fused-ring (bicyclic) bond motifs is 1. The third-order valence-corrected chi connectivity index (χ3v) is 3.55. The van der Waals surface area contributed by atoms with E-state index in [0.29, 0.717) is 6.01 Å². The summed E-state index contributed by atoms with van der Waals surface area (Å²) in [4.78, 5) is 4.38. The lowest BCUT2D eigenvalue weighted by atomic mass is 9.80. The maximum absolute atomic E-state index is 5.60. The first-order valence-corrected chi connectivity index (χ1v) is 5.96. The average molecular weight is 232 g/mol. The van der Waals surface area contributed by atoms with Crippen LogP contribution in [0.2, 0.25) is 0 Å². The molecule has 0 atom stereocenters. The summed E-state index contributed by atoms with van der Waals surface area (Å²) < 4.78 is 11.1. The normalized spacial score (nSPS) is 17.9. The summed E-state index contributed by atoms with van der Waals surface area (Å²) in [6.45, 7) is 0.760. The zero-order chi connectivity index (χ0) is 11.7. The number of para-hydroxylation sites is 2. The highest BCUT2D eigenvalue weighted by Crippen LogP contribution is 2.35. The maximum atomic E-state index is 5.60. The van der Waals surface area contributed by atoms with E-state index in [-0.39, 0.29) is 5.60 Å². The van der Waals surface area contributed by atoms with Gasteiger partial charge in [0.15, 0.2) is 5.58 Å². The van der Waals surface area contributed by atoms with Gasteiger partial charge in [0.2, 0.25) is 0 Å². The van der Waals surface area contributed by atoms with Crippen LogP contribution in [-0.2, 0) is 4.74 Å². The highest BCUT2D eigenvalue weighted by Gasteiger charge is 2.37. The largest absolute Gasteiger partial charge is 0.424 e. The molecule has 0 aliphatic heterocycles. The van der Waals surface area contributed by atoms with Crippen LogP contribution in [0.5, 0.6) is 0 Å². The third-order valence-electron chi connectivity index (χ3n) is 3.55. The van der Waals surface area contributed by atoms with Gasteiger partial charge in [-0.1, -0.05) is 12.1 Å². The Morgan fingerprint density at radius 3 is 2.88 bits per heavy atom. The van der Waals surface area contributed by atoms with Crippen molar-refractivity contribution < 1.29 is 9.15 Å². The minimum absolute atomic E-state index is 0.0132. The molecule has 17 heavy (non-hydrogen) atoms. The molecular weight excluding hydrogens is 216 g/mol. The van der Waals surface area contributed by atoms with E-state index >= 15 is 0 Å². The van der Waals surface area contributed by atoms with Crippen molar-refractivity contribution in [3.63, 3.8) is 0 Å². The van der Waals surface area contributed by atoms with Crippen LogP contribution in [0.1, 0.15) is 19.3 Å². The zero-order valence-electron chi connectivity index (χ0n) is 9.90. The molecule has 4 heteroatoms. The quantitative estimate of drug-likeness (QED) is 0.880. The standard InChI is InChI=1S/C13H16N2O2/c1-16-13(7-4-8-13)9-14-12-15-10-5-2-3-6-11(10)17-12/h2-3,5-6H,4,7-9H2,1H3,(H,14,15). The Labute approximate surface area is 100.0 Å². The second-order valence-corrected chi connectivity index (χ2v) is 4.58. The first kappa shape index (κ1) is 10.6. The Morgan fingerprint density at radius 1 is 1.41 bits per heavy atom. The highest BCUT2D eigenvalue weighted by atomic mass is 16.5. The second kappa shape index (κ2) is 4.04. The molecular formula is C13H16N2O2. The van der Waals surface area contributed by atoms with Crippen molar-refractivity contribution in [2.24, 2.45) is 0 Å². The van der Waals surface area contributed by atoms with Gasteiger partial charge in [0, 0.05) is 13.7 Å². The fourth-order valence-corrected chi connectivity index (χ4v) is 2.21. The van der Waals surface area contributed by atoms with Crippen molar-refractivity contribution in [2.45, 2.75) is 24.9 Å². The SMILES string of the molecule is COC1(CNc2nc3ccccc3o2)CCC1. The smallest absolute Gasteiger partial charge is 0.295 e. The predicted octanol–water partition coefficient (Wildman–Crippen LogP) is 2.81. The van der Waals surface area contributed by atoms with Gasteiger partial charge in [-0.05, 0) is 31.4 Å². The van der Waals surface area contributed by atoms with Gasteiger partial charge in [-0.25, -0.2) is 0 Å². The molecule has 1 N–H and O–H groups in total. The number of oxazole rings is 1. The summed E-state index contributed by atoms with van der Waals surface area (Å²) >= 11 is 0. The van der Waals surface area contributed by atoms with E-state index in [2.05, 4.69) is 10.3 Å². The number of benzene rings is 1. The third kappa shape index (κ3) is 1.89. The molecule has 1 saturated carbocycles. The number of methoxy groups -OCH3 is 1. The minimum atomic E-state index is -0.0132. The monoisotopic (exact) mass is 232 g/mol.